The van der Waals surface area contributed by atoms with Gasteiger partial charge in [-0.1, -0.05) is 23.2 Å². The molecular formula is C12H13Cl2N5O2. The van der Waals surface area contributed by atoms with Gasteiger partial charge in [0.05, 0.1) is 11.0 Å². The summed E-state index contributed by atoms with van der Waals surface area (Å²) in [4.78, 5) is 17.0. The zero-order valence-corrected chi connectivity index (χ0v) is 12.4. The van der Waals surface area contributed by atoms with Gasteiger partial charge in [0.15, 0.2) is 0 Å². The van der Waals surface area contributed by atoms with E-state index in [4.69, 9.17) is 28.9 Å². The van der Waals surface area contributed by atoms with Gasteiger partial charge in [-0.15, -0.1) is 0 Å². The third-order valence-electron chi connectivity index (χ3n) is 2.12. The molecule has 0 spiro atoms. The Balaban J connectivity index is 0.000000211. The lowest BCUT2D eigenvalue weighted by Gasteiger charge is -2.02. The molecule has 0 aromatic carbocycles. The molecule has 0 aliphatic rings. The summed E-state index contributed by atoms with van der Waals surface area (Å²) in [5, 5.41) is 13.8. The molecule has 0 radical (unpaired) electrons. The van der Waals surface area contributed by atoms with Crippen LogP contribution in [0, 0.1) is 10.1 Å². The van der Waals surface area contributed by atoms with Crippen molar-refractivity contribution in [3.05, 3.63) is 57.1 Å². The van der Waals surface area contributed by atoms with Gasteiger partial charge in [-0.25, -0.2) is 9.97 Å². The van der Waals surface area contributed by atoms with Crippen LogP contribution in [-0.4, -0.2) is 28.0 Å². The number of rotatable bonds is 4. The van der Waals surface area contributed by atoms with Crippen LogP contribution in [0.4, 0.5) is 11.4 Å². The minimum atomic E-state index is -0.520. The van der Waals surface area contributed by atoms with Crippen molar-refractivity contribution in [1.82, 2.24) is 9.97 Å². The Labute approximate surface area is 131 Å². The van der Waals surface area contributed by atoms with Crippen molar-refractivity contribution >= 4 is 34.6 Å². The second kappa shape index (κ2) is 9.06. The van der Waals surface area contributed by atoms with E-state index in [2.05, 4.69) is 15.3 Å². The smallest absolute Gasteiger partial charge is 0.274 e. The zero-order valence-electron chi connectivity index (χ0n) is 10.9. The van der Waals surface area contributed by atoms with E-state index in [1.54, 1.807) is 12.3 Å². The average Bonchev–Trinajstić information content (AvgIpc) is 2.46. The highest BCUT2D eigenvalue weighted by Crippen LogP contribution is 2.13. The highest BCUT2D eigenvalue weighted by atomic mass is 35.5. The zero-order chi connectivity index (χ0) is 15.7. The quantitative estimate of drug-likeness (QED) is 0.507. The first-order valence-corrected chi connectivity index (χ1v) is 6.60. The molecule has 2 aromatic heterocycles. The van der Waals surface area contributed by atoms with Crippen molar-refractivity contribution in [2.45, 2.75) is 0 Å². The Morgan fingerprint density at radius 2 is 1.81 bits per heavy atom. The molecule has 2 heterocycles. The lowest BCUT2D eigenvalue weighted by atomic mass is 10.4. The van der Waals surface area contributed by atoms with Crippen molar-refractivity contribution in [3.8, 4) is 0 Å². The van der Waals surface area contributed by atoms with Crippen molar-refractivity contribution in [1.29, 1.82) is 0 Å². The summed E-state index contributed by atoms with van der Waals surface area (Å²) in [7, 11) is 0. The molecule has 2 rings (SSSR count). The van der Waals surface area contributed by atoms with Crippen molar-refractivity contribution < 1.29 is 4.92 Å². The number of halogens is 2. The summed E-state index contributed by atoms with van der Waals surface area (Å²) in [5.74, 6) is 0. The number of nitrogens with two attached hydrogens (primary N) is 1. The molecule has 21 heavy (non-hydrogen) atoms. The first kappa shape index (κ1) is 17.1. The summed E-state index contributed by atoms with van der Waals surface area (Å²) in [6.07, 6.45) is 2.95. The number of aromatic nitrogens is 2. The van der Waals surface area contributed by atoms with Crippen LogP contribution in [0.2, 0.25) is 10.3 Å². The van der Waals surface area contributed by atoms with E-state index in [9.17, 15) is 10.1 Å². The molecule has 0 aliphatic carbocycles. The largest absolute Gasteiger partial charge is 0.384 e. The van der Waals surface area contributed by atoms with Crippen LogP contribution >= 0.6 is 23.2 Å². The van der Waals surface area contributed by atoms with Crippen molar-refractivity contribution in [2.75, 3.05) is 18.4 Å². The molecule has 0 bridgehead atoms. The van der Waals surface area contributed by atoms with E-state index in [0.717, 1.165) is 12.2 Å². The van der Waals surface area contributed by atoms with Crippen LogP contribution in [0.3, 0.4) is 0 Å². The maximum Gasteiger partial charge on any atom is 0.274 e. The molecule has 7 nitrogen and oxygen atoms in total. The predicted octanol–water partition coefficient (Wildman–Crippen LogP) is 2.75. The van der Waals surface area contributed by atoms with Gasteiger partial charge in [-0.3, -0.25) is 10.1 Å². The minimum Gasteiger partial charge on any atom is -0.384 e. The van der Waals surface area contributed by atoms with Crippen LogP contribution in [0.5, 0.6) is 0 Å². The minimum absolute atomic E-state index is 0.0417. The number of hydrogen-bond acceptors (Lipinski definition) is 6. The SMILES string of the molecule is NCCNc1ccnc(Cl)c1.O=[N+]([O-])c1ccnc(Cl)c1. The Morgan fingerprint density at radius 1 is 1.19 bits per heavy atom. The van der Waals surface area contributed by atoms with Gasteiger partial charge in [0.25, 0.3) is 5.69 Å². The second-order valence-electron chi connectivity index (χ2n) is 3.68. The summed E-state index contributed by atoms with van der Waals surface area (Å²) < 4.78 is 0. The number of nitrogens with one attached hydrogen (secondary N) is 1. The highest BCUT2D eigenvalue weighted by Gasteiger charge is 2.03. The summed E-state index contributed by atoms with van der Waals surface area (Å²) >= 11 is 11.0. The third-order valence-corrected chi connectivity index (χ3v) is 2.53. The fraction of sp³-hybridized carbons (Fsp3) is 0.167. The average molecular weight is 330 g/mol. The molecule has 0 saturated carbocycles. The first-order chi connectivity index (χ1) is 10.0. The Kier molecular flexibility index (Phi) is 7.38. The summed E-state index contributed by atoms with van der Waals surface area (Å²) in [6, 6.07) is 6.09. The van der Waals surface area contributed by atoms with Gasteiger partial charge in [0.2, 0.25) is 0 Å². The van der Waals surface area contributed by atoms with E-state index in [1.807, 2.05) is 6.07 Å². The van der Waals surface area contributed by atoms with Crippen LogP contribution in [0.25, 0.3) is 0 Å². The van der Waals surface area contributed by atoms with Gasteiger partial charge < -0.3 is 11.1 Å². The van der Waals surface area contributed by atoms with Gasteiger partial charge in [-0.05, 0) is 12.1 Å². The van der Waals surface area contributed by atoms with Crippen LogP contribution in [0.1, 0.15) is 0 Å². The van der Waals surface area contributed by atoms with E-state index in [1.165, 1.54) is 18.3 Å². The molecule has 0 unspecified atom stereocenters. The molecule has 0 amide bonds. The molecule has 2 aromatic rings. The van der Waals surface area contributed by atoms with E-state index >= 15 is 0 Å². The van der Waals surface area contributed by atoms with Crippen LogP contribution < -0.4 is 11.1 Å². The fourth-order valence-corrected chi connectivity index (χ4v) is 1.58. The number of anilines is 1. The number of nitrogens with zero attached hydrogens (tertiary/aromatic N) is 3. The van der Waals surface area contributed by atoms with Crippen LogP contribution in [0.15, 0.2) is 36.7 Å². The fourth-order valence-electron chi connectivity index (χ4n) is 1.23. The Hall–Kier alpha value is -1.96. The van der Waals surface area contributed by atoms with Crippen molar-refractivity contribution in [2.24, 2.45) is 5.73 Å². The summed E-state index contributed by atoms with van der Waals surface area (Å²) in [5.41, 5.74) is 6.22. The second-order valence-corrected chi connectivity index (χ2v) is 4.45. The molecule has 112 valence electrons. The molecule has 0 aliphatic heterocycles. The predicted molar refractivity (Wildman–Crippen MR) is 82.7 cm³/mol. The Morgan fingerprint density at radius 3 is 2.29 bits per heavy atom. The lowest BCUT2D eigenvalue weighted by molar-refractivity contribution is -0.384. The monoisotopic (exact) mass is 329 g/mol. The molecule has 0 atom stereocenters. The normalized spacial score (nSPS) is 9.48. The van der Waals surface area contributed by atoms with E-state index in [-0.39, 0.29) is 10.8 Å². The lowest BCUT2D eigenvalue weighted by Crippen LogP contribution is -2.12. The van der Waals surface area contributed by atoms with Gasteiger partial charge in [-0.2, -0.15) is 0 Å². The molecular weight excluding hydrogens is 317 g/mol. The van der Waals surface area contributed by atoms with E-state index in [0.29, 0.717) is 11.7 Å². The number of hydrogen-bond donors (Lipinski definition) is 2. The highest BCUT2D eigenvalue weighted by molar-refractivity contribution is 6.29. The maximum atomic E-state index is 10.1. The third kappa shape index (κ3) is 6.84. The van der Waals surface area contributed by atoms with Gasteiger partial charge in [0, 0.05) is 37.2 Å². The van der Waals surface area contributed by atoms with Crippen LogP contribution in [-0.2, 0) is 0 Å². The number of nitro groups is 1. The van der Waals surface area contributed by atoms with Crippen molar-refractivity contribution in [3.63, 3.8) is 0 Å². The molecule has 9 heteroatoms. The topological polar surface area (TPSA) is 107 Å². The number of pyridine rings is 2. The van der Waals surface area contributed by atoms with Gasteiger partial charge in [0.1, 0.15) is 10.3 Å². The Bertz CT molecular complexity index is 597. The molecule has 3 N–H and O–H groups in total. The van der Waals surface area contributed by atoms with Gasteiger partial charge >= 0.3 is 0 Å². The van der Waals surface area contributed by atoms with E-state index < -0.39 is 4.92 Å². The molecule has 0 saturated heterocycles. The molecule has 0 fully saturated rings. The maximum absolute atomic E-state index is 10.1. The standard InChI is InChI=1S/C7H10ClN3.C5H3ClN2O2/c8-7-5-6(1-3-11-7)10-4-2-9;6-5-3-4(8(9)10)1-2-7-5/h1,3,5H,2,4,9H2,(H,10,11);1-3H. The summed E-state index contributed by atoms with van der Waals surface area (Å²) in [6.45, 7) is 1.36. The first-order valence-electron chi connectivity index (χ1n) is 5.84.